The molecule has 4 rings (SSSR count). The quantitative estimate of drug-likeness (QED) is 0.844. The standard InChI is InChI=1S/C19H25N5O/c25-19(7-8-22-14-20-21-15-22)24-11-9-23(10-12-24)18-6-5-16-3-1-2-4-17(16)13-18/h1-4,14-15,18H,5-13H2. The van der Waals surface area contributed by atoms with Gasteiger partial charge in [0.1, 0.15) is 12.7 Å². The maximum atomic E-state index is 12.4. The molecular formula is C19H25N5O. The van der Waals surface area contributed by atoms with Gasteiger partial charge in [-0.05, 0) is 30.4 Å². The van der Waals surface area contributed by atoms with Crippen molar-refractivity contribution >= 4 is 5.91 Å². The molecule has 25 heavy (non-hydrogen) atoms. The number of aromatic nitrogens is 3. The Hall–Kier alpha value is -2.21. The van der Waals surface area contributed by atoms with Gasteiger partial charge in [0, 0.05) is 45.2 Å². The first-order chi connectivity index (χ1) is 12.3. The molecule has 0 spiro atoms. The Balaban J connectivity index is 1.26. The molecule has 1 aliphatic heterocycles. The fourth-order valence-electron chi connectivity index (χ4n) is 4.05. The van der Waals surface area contributed by atoms with Crippen LogP contribution in [0.15, 0.2) is 36.9 Å². The van der Waals surface area contributed by atoms with Gasteiger partial charge in [-0.3, -0.25) is 9.69 Å². The average Bonchev–Trinajstić information content (AvgIpc) is 3.19. The van der Waals surface area contributed by atoms with E-state index in [-0.39, 0.29) is 5.91 Å². The van der Waals surface area contributed by atoms with Crippen LogP contribution in [0.2, 0.25) is 0 Å². The zero-order valence-electron chi connectivity index (χ0n) is 14.5. The molecule has 1 saturated heterocycles. The molecule has 1 amide bonds. The fourth-order valence-corrected chi connectivity index (χ4v) is 4.05. The predicted molar refractivity (Wildman–Crippen MR) is 95.0 cm³/mol. The summed E-state index contributed by atoms with van der Waals surface area (Å²) < 4.78 is 1.85. The molecule has 6 nitrogen and oxygen atoms in total. The molecule has 0 radical (unpaired) electrons. The summed E-state index contributed by atoms with van der Waals surface area (Å²) in [6.45, 7) is 4.33. The lowest BCUT2D eigenvalue weighted by Gasteiger charge is -2.41. The molecule has 2 aliphatic rings. The Morgan fingerprint density at radius 3 is 2.52 bits per heavy atom. The van der Waals surface area contributed by atoms with E-state index < -0.39 is 0 Å². The normalized spacial score (nSPS) is 21.1. The minimum Gasteiger partial charge on any atom is -0.340 e. The first kappa shape index (κ1) is 16.3. The first-order valence-corrected chi connectivity index (χ1v) is 9.20. The molecule has 1 fully saturated rings. The van der Waals surface area contributed by atoms with Crippen LogP contribution in [0.4, 0.5) is 0 Å². The van der Waals surface area contributed by atoms with Gasteiger partial charge in [0.2, 0.25) is 5.91 Å². The molecule has 1 atom stereocenters. The van der Waals surface area contributed by atoms with Crippen LogP contribution in [0.25, 0.3) is 0 Å². The molecule has 1 aromatic heterocycles. The number of carbonyl (C=O) groups is 1. The van der Waals surface area contributed by atoms with Crippen LogP contribution in [0.3, 0.4) is 0 Å². The van der Waals surface area contributed by atoms with Crippen molar-refractivity contribution in [2.45, 2.75) is 38.3 Å². The smallest absolute Gasteiger partial charge is 0.224 e. The molecular weight excluding hydrogens is 314 g/mol. The van der Waals surface area contributed by atoms with Crippen LogP contribution in [-0.2, 0) is 24.2 Å². The van der Waals surface area contributed by atoms with Crippen LogP contribution in [-0.4, -0.2) is 62.7 Å². The average molecular weight is 339 g/mol. The van der Waals surface area contributed by atoms with E-state index in [0.29, 0.717) is 19.0 Å². The Labute approximate surface area is 148 Å². The number of aryl methyl sites for hydroxylation is 2. The van der Waals surface area contributed by atoms with Crippen molar-refractivity contribution in [2.24, 2.45) is 0 Å². The van der Waals surface area contributed by atoms with Crippen LogP contribution in [0, 0.1) is 0 Å². The minimum absolute atomic E-state index is 0.238. The number of benzene rings is 1. The SMILES string of the molecule is O=C(CCn1cnnc1)N1CCN(C2CCc3ccccc3C2)CC1. The molecule has 1 aromatic carbocycles. The van der Waals surface area contributed by atoms with Gasteiger partial charge in [-0.1, -0.05) is 24.3 Å². The van der Waals surface area contributed by atoms with Crippen molar-refractivity contribution in [1.29, 1.82) is 0 Å². The van der Waals surface area contributed by atoms with Gasteiger partial charge in [-0.25, -0.2) is 0 Å². The fraction of sp³-hybridized carbons (Fsp3) is 0.526. The monoisotopic (exact) mass is 339 g/mol. The molecule has 0 saturated carbocycles. The van der Waals surface area contributed by atoms with Crippen LogP contribution in [0.1, 0.15) is 24.0 Å². The molecule has 6 heteroatoms. The molecule has 1 unspecified atom stereocenters. The van der Waals surface area contributed by atoms with E-state index in [2.05, 4.69) is 39.4 Å². The summed E-state index contributed by atoms with van der Waals surface area (Å²) in [5.41, 5.74) is 3.02. The van der Waals surface area contributed by atoms with Crippen molar-refractivity contribution in [3.8, 4) is 0 Å². The van der Waals surface area contributed by atoms with Gasteiger partial charge in [0.15, 0.2) is 0 Å². The first-order valence-electron chi connectivity index (χ1n) is 9.20. The third-order valence-electron chi connectivity index (χ3n) is 5.55. The lowest BCUT2D eigenvalue weighted by molar-refractivity contribution is -0.133. The number of piperazine rings is 1. The summed E-state index contributed by atoms with van der Waals surface area (Å²) in [5.74, 6) is 0.238. The van der Waals surface area contributed by atoms with E-state index in [9.17, 15) is 4.79 Å². The van der Waals surface area contributed by atoms with Crippen LogP contribution < -0.4 is 0 Å². The van der Waals surface area contributed by atoms with Crippen molar-refractivity contribution in [2.75, 3.05) is 26.2 Å². The second-order valence-corrected chi connectivity index (χ2v) is 7.03. The third kappa shape index (κ3) is 3.74. The summed E-state index contributed by atoms with van der Waals surface area (Å²) in [4.78, 5) is 17.0. The Morgan fingerprint density at radius 2 is 1.76 bits per heavy atom. The lowest BCUT2D eigenvalue weighted by Crippen LogP contribution is -2.53. The number of carbonyl (C=O) groups excluding carboxylic acids is 1. The van der Waals surface area contributed by atoms with E-state index in [1.54, 1.807) is 12.7 Å². The van der Waals surface area contributed by atoms with Gasteiger partial charge < -0.3 is 9.47 Å². The summed E-state index contributed by atoms with van der Waals surface area (Å²) in [5, 5.41) is 7.54. The Kier molecular flexibility index (Phi) is 4.78. The van der Waals surface area contributed by atoms with E-state index in [1.165, 1.54) is 24.0 Å². The summed E-state index contributed by atoms with van der Waals surface area (Å²) in [6.07, 6.45) is 7.41. The lowest BCUT2D eigenvalue weighted by atomic mass is 9.87. The second-order valence-electron chi connectivity index (χ2n) is 7.03. The number of fused-ring (bicyclic) bond motifs is 1. The Bertz CT molecular complexity index is 706. The summed E-state index contributed by atoms with van der Waals surface area (Å²) in [6, 6.07) is 9.45. The van der Waals surface area contributed by atoms with Crippen molar-refractivity contribution in [3.63, 3.8) is 0 Å². The van der Waals surface area contributed by atoms with E-state index >= 15 is 0 Å². The van der Waals surface area contributed by atoms with Gasteiger partial charge >= 0.3 is 0 Å². The van der Waals surface area contributed by atoms with Gasteiger partial charge in [0.25, 0.3) is 0 Å². The molecule has 0 bridgehead atoms. The zero-order valence-corrected chi connectivity index (χ0v) is 14.5. The van der Waals surface area contributed by atoms with Gasteiger partial charge in [-0.2, -0.15) is 0 Å². The number of hydrogen-bond donors (Lipinski definition) is 0. The summed E-state index contributed by atoms with van der Waals surface area (Å²) >= 11 is 0. The van der Waals surface area contributed by atoms with E-state index in [4.69, 9.17) is 0 Å². The number of hydrogen-bond acceptors (Lipinski definition) is 4. The maximum absolute atomic E-state index is 12.4. The second kappa shape index (κ2) is 7.35. The topological polar surface area (TPSA) is 54.3 Å². The zero-order chi connectivity index (χ0) is 17.1. The number of nitrogens with zero attached hydrogens (tertiary/aromatic N) is 5. The molecule has 2 aromatic rings. The van der Waals surface area contributed by atoms with Crippen molar-refractivity contribution < 1.29 is 4.79 Å². The molecule has 1 aliphatic carbocycles. The highest BCUT2D eigenvalue weighted by Gasteiger charge is 2.28. The molecule has 0 N–H and O–H groups in total. The largest absolute Gasteiger partial charge is 0.340 e. The van der Waals surface area contributed by atoms with E-state index in [0.717, 1.165) is 32.6 Å². The molecule has 2 heterocycles. The predicted octanol–water partition coefficient (Wildman–Crippen LogP) is 1.37. The van der Waals surface area contributed by atoms with Crippen molar-refractivity contribution in [3.05, 3.63) is 48.0 Å². The summed E-state index contributed by atoms with van der Waals surface area (Å²) in [7, 11) is 0. The highest BCUT2D eigenvalue weighted by molar-refractivity contribution is 5.76. The van der Waals surface area contributed by atoms with Gasteiger partial charge in [0.05, 0.1) is 0 Å². The van der Waals surface area contributed by atoms with Crippen LogP contribution >= 0.6 is 0 Å². The maximum Gasteiger partial charge on any atom is 0.224 e. The van der Waals surface area contributed by atoms with Crippen LogP contribution in [0.5, 0.6) is 0 Å². The molecule has 132 valence electrons. The van der Waals surface area contributed by atoms with Crippen molar-refractivity contribution in [1.82, 2.24) is 24.6 Å². The highest BCUT2D eigenvalue weighted by atomic mass is 16.2. The van der Waals surface area contributed by atoms with Gasteiger partial charge in [-0.15, -0.1) is 10.2 Å². The number of amides is 1. The Morgan fingerprint density at radius 1 is 1.04 bits per heavy atom. The third-order valence-corrected chi connectivity index (χ3v) is 5.55. The number of rotatable bonds is 4. The van der Waals surface area contributed by atoms with E-state index in [1.807, 2.05) is 9.47 Å². The highest BCUT2D eigenvalue weighted by Crippen LogP contribution is 2.25. The minimum atomic E-state index is 0.238.